The van der Waals surface area contributed by atoms with Crippen LogP contribution in [0, 0.1) is 5.82 Å². The summed E-state index contributed by atoms with van der Waals surface area (Å²) < 4.78 is 13.9. The summed E-state index contributed by atoms with van der Waals surface area (Å²) in [4.78, 5) is 14.1. The molecule has 1 aliphatic heterocycles. The zero-order valence-corrected chi connectivity index (χ0v) is 13.4. The van der Waals surface area contributed by atoms with E-state index < -0.39 is 5.82 Å². The largest absolute Gasteiger partial charge is 0.382 e. The Morgan fingerprint density at radius 3 is 2.48 bits per heavy atom. The summed E-state index contributed by atoms with van der Waals surface area (Å²) in [6, 6.07) is 14.5. The number of halogens is 2. The van der Waals surface area contributed by atoms with Crippen LogP contribution in [-0.2, 0) is 0 Å². The number of likely N-dealkylation sites (tertiary alicyclic amines) is 1. The molecule has 120 valence electrons. The van der Waals surface area contributed by atoms with Gasteiger partial charge < -0.3 is 10.2 Å². The van der Waals surface area contributed by atoms with Crippen molar-refractivity contribution >= 4 is 23.2 Å². The highest BCUT2D eigenvalue weighted by atomic mass is 35.5. The first-order valence-electron chi connectivity index (χ1n) is 7.69. The lowest BCUT2D eigenvalue weighted by Gasteiger charge is -2.33. The zero-order valence-electron chi connectivity index (χ0n) is 12.6. The molecule has 1 N–H and O–H groups in total. The van der Waals surface area contributed by atoms with Crippen molar-refractivity contribution in [3.63, 3.8) is 0 Å². The third kappa shape index (κ3) is 3.82. The van der Waals surface area contributed by atoms with Crippen molar-refractivity contribution in [3.8, 4) is 0 Å². The number of anilines is 1. The molecule has 0 aliphatic carbocycles. The first-order valence-corrected chi connectivity index (χ1v) is 8.07. The van der Waals surface area contributed by atoms with Gasteiger partial charge in [0, 0.05) is 29.8 Å². The Hall–Kier alpha value is -2.07. The minimum atomic E-state index is -0.563. The third-order valence-electron chi connectivity index (χ3n) is 4.09. The number of piperidine rings is 1. The highest BCUT2D eigenvalue weighted by molar-refractivity contribution is 6.30. The molecule has 3 nitrogen and oxygen atoms in total. The topological polar surface area (TPSA) is 32.3 Å². The van der Waals surface area contributed by atoms with Crippen molar-refractivity contribution in [1.82, 2.24) is 4.90 Å². The Balaban J connectivity index is 1.59. The molecule has 0 spiro atoms. The molecule has 1 fully saturated rings. The van der Waals surface area contributed by atoms with E-state index >= 15 is 0 Å². The predicted molar refractivity (Wildman–Crippen MR) is 90.4 cm³/mol. The molecule has 1 heterocycles. The van der Waals surface area contributed by atoms with Gasteiger partial charge in [-0.2, -0.15) is 0 Å². The first-order chi connectivity index (χ1) is 11.1. The van der Waals surface area contributed by atoms with Gasteiger partial charge in [-0.15, -0.1) is 0 Å². The van der Waals surface area contributed by atoms with Gasteiger partial charge in [0.1, 0.15) is 5.82 Å². The molecule has 0 bridgehead atoms. The molecule has 5 heteroatoms. The summed E-state index contributed by atoms with van der Waals surface area (Å²) in [5, 5.41) is 3.77. The number of hydrogen-bond donors (Lipinski definition) is 1. The van der Waals surface area contributed by atoms with Gasteiger partial charge >= 0.3 is 0 Å². The minimum Gasteiger partial charge on any atom is -0.382 e. The lowest BCUT2D eigenvalue weighted by molar-refractivity contribution is 0.0714. The second-order valence-corrected chi connectivity index (χ2v) is 6.14. The lowest BCUT2D eigenvalue weighted by Crippen LogP contribution is -2.42. The van der Waals surface area contributed by atoms with Crippen LogP contribution in [0.2, 0.25) is 5.02 Å². The SMILES string of the molecule is O=C(c1ccc(Cl)cc1F)N1CCC(Nc2ccccc2)CC1. The Bertz CT molecular complexity index is 685. The number of nitrogens with zero attached hydrogens (tertiary/aromatic N) is 1. The van der Waals surface area contributed by atoms with Gasteiger partial charge in [0.25, 0.3) is 5.91 Å². The summed E-state index contributed by atoms with van der Waals surface area (Å²) in [5.41, 5.74) is 1.17. The van der Waals surface area contributed by atoms with E-state index in [1.807, 2.05) is 30.3 Å². The maximum atomic E-state index is 13.9. The fourth-order valence-corrected chi connectivity index (χ4v) is 2.99. The van der Waals surface area contributed by atoms with E-state index in [0.717, 1.165) is 18.5 Å². The van der Waals surface area contributed by atoms with Crippen LogP contribution >= 0.6 is 11.6 Å². The molecule has 0 unspecified atom stereocenters. The summed E-state index contributed by atoms with van der Waals surface area (Å²) in [6.45, 7) is 1.23. The molecular formula is C18H18ClFN2O. The predicted octanol–water partition coefficient (Wildman–Crippen LogP) is 4.20. The van der Waals surface area contributed by atoms with Gasteiger partial charge in [-0.25, -0.2) is 4.39 Å². The van der Waals surface area contributed by atoms with Crippen LogP contribution in [0.3, 0.4) is 0 Å². The van der Waals surface area contributed by atoms with Crippen molar-refractivity contribution in [1.29, 1.82) is 0 Å². The van der Waals surface area contributed by atoms with E-state index in [1.54, 1.807) is 11.0 Å². The molecule has 0 atom stereocenters. The molecule has 1 aliphatic rings. The minimum absolute atomic E-state index is 0.0869. The Kier molecular flexibility index (Phi) is 4.82. The van der Waals surface area contributed by atoms with Crippen LogP contribution in [0.1, 0.15) is 23.2 Å². The fraction of sp³-hybridized carbons (Fsp3) is 0.278. The van der Waals surface area contributed by atoms with Crippen LogP contribution in [0.5, 0.6) is 0 Å². The van der Waals surface area contributed by atoms with Crippen LogP contribution in [0.25, 0.3) is 0 Å². The summed E-state index contributed by atoms with van der Waals surface area (Å²) in [5.74, 6) is -0.829. The highest BCUT2D eigenvalue weighted by Gasteiger charge is 2.25. The summed E-state index contributed by atoms with van der Waals surface area (Å²) in [7, 11) is 0. The number of nitrogens with one attached hydrogen (secondary N) is 1. The normalized spacial score (nSPS) is 15.5. The molecule has 2 aromatic carbocycles. The Morgan fingerprint density at radius 2 is 1.83 bits per heavy atom. The first kappa shape index (κ1) is 15.8. The fourth-order valence-electron chi connectivity index (χ4n) is 2.83. The van der Waals surface area contributed by atoms with Gasteiger partial charge in [0.2, 0.25) is 0 Å². The van der Waals surface area contributed by atoms with Crippen LogP contribution in [0.15, 0.2) is 48.5 Å². The molecular weight excluding hydrogens is 315 g/mol. The van der Waals surface area contributed by atoms with Crippen molar-refractivity contribution in [2.75, 3.05) is 18.4 Å². The smallest absolute Gasteiger partial charge is 0.256 e. The molecule has 1 saturated heterocycles. The average Bonchev–Trinajstić information content (AvgIpc) is 2.56. The van der Waals surface area contributed by atoms with E-state index in [0.29, 0.717) is 24.2 Å². The maximum absolute atomic E-state index is 13.9. The monoisotopic (exact) mass is 332 g/mol. The van der Waals surface area contributed by atoms with Crippen molar-refractivity contribution in [2.24, 2.45) is 0 Å². The van der Waals surface area contributed by atoms with E-state index in [4.69, 9.17) is 11.6 Å². The number of rotatable bonds is 3. The van der Waals surface area contributed by atoms with Gasteiger partial charge in [-0.3, -0.25) is 4.79 Å². The maximum Gasteiger partial charge on any atom is 0.256 e. The number of amides is 1. The second-order valence-electron chi connectivity index (χ2n) is 5.70. The number of carbonyl (C=O) groups excluding carboxylic acids is 1. The van der Waals surface area contributed by atoms with Crippen molar-refractivity contribution in [3.05, 3.63) is 64.9 Å². The second kappa shape index (κ2) is 7.01. The van der Waals surface area contributed by atoms with Gasteiger partial charge in [0.15, 0.2) is 0 Å². The molecule has 23 heavy (non-hydrogen) atoms. The van der Waals surface area contributed by atoms with Gasteiger partial charge in [-0.05, 0) is 43.2 Å². The number of benzene rings is 2. The number of para-hydroxylation sites is 1. The summed E-state index contributed by atoms with van der Waals surface area (Å²) >= 11 is 5.73. The number of carbonyl (C=O) groups is 1. The average molecular weight is 333 g/mol. The molecule has 0 radical (unpaired) electrons. The van der Waals surface area contributed by atoms with E-state index in [1.165, 1.54) is 12.1 Å². The molecule has 2 aromatic rings. The molecule has 1 amide bonds. The van der Waals surface area contributed by atoms with E-state index in [-0.39, 0.29) is 11.5 Å². The third-order valence-corrected chi connectivity index (χ3v) is 4.32. The highest BCUT2D eigenvalue weighted by Crippen LogP contribution is 2.20. The van der Waals surface area contributed by atoms with Crippen molar-refractivity contribution in [2.45, 2.75) is 18.9 Å². The van der Waals surface area contributed by atoms with Crippen LogP contribution < -0.4 is 5.32 Å². The summed E-state index contributed by atoms with van der Waals surface area (Å²) in [6.07, 6.45) is 1.69. The van der Waals surface area contributed by atoms with Crippen molar-refractivity contribution < 1.29 is 9.18 Å². The lowest BCUT2D eigenvalue weighted by atomic mass is 10.0. The quantitative estimate of drug-likeness (QED) is 0.913. The standard InChI is InChI=1S/C18H18ClFN2O/c19-13-6-7-16(17(20)12-13)18(23)22-10-8-15(9-11-22)21-14-4-2-1-3-5-14/h1-7,12,15,21H,8-11H2. The van der Waals surface area contributed by atoms with Crippen LogP contribution in [-0.4, -0.2) is 29.9 Å². The Labute approximate surface area is 140 Å². The van der Waals surface area contributed by atoms with E-state index in [9.17, 15) is 9.18 Å². The zero-order chi connectivity index (χ0) is 16.2. The van der Waals surface area contributed by atoms with Gasteiger partial charge in [0.05, 0.1) is 5.56 Å². The molecule has 0 aromatic heterocycles. The number of hydrogen-bond acceptors (Lipinski definition) is 2. The van der Waals surface area contributed by atoms with E-state index in [2.05, 4.69) is 5.32 Å². The molecule has 0 saturated carbocycles. The van der Waals surface area contributed by atoms with Crippen LogP contribution in [0.4, 0.5) is 10.1 Å². The Morgan fingerprint density at radius 1 is 1.13 bits per heavy atom. The molecule has 3 rings (SSSR count). The van der Waals surface area contributed by atoms with Gasteiger partial charge in [-0.1, -0.05) is 29.8 Å².